The van der Waals surface area contributed by atoms with Crippen molar-refractivity contribution in [1.29, 1.82) is 0 Å². The van der Waals surface area contributed by atoms with Crippen LogP contribution < -0.4 is 5.56 Å². The van der Waals surface area contributed by atoms with Crippen molar-refractivity contribution >= 4 is 0 Å². The predicted molar refractivity (Wildman–Crippen MR) is 27.4 cm³/mol. The van der Waals surface area contributed by atoms with Crippen LogP contribution in [0.15, 0.2) is 11.1 Å². The average Bonchev–Trinajstić information content (AvgIpc) is 1.77. The molecule has 0 aromatic carbocycles. The molecule has 0 radical (unpaired) electrons. The van der Waals surface area contributed by atoms with E-state index >= 15 is 0 Å². The fraction of sp³-hybridized carbons (Fsp3) is 0.250. The first-order valence-corrected chi connectivity index (χ1v) is 2.17. The molecule has 1 rings (SSSR count). The summed E-state index contributed by atoms with van der Waals surface area (Å²) in [5.41, 5.74) is 0.215. The van der Waals surface area contributed by atoms with Crippen LogP contribution >= 0.6 is 0 Å². The van der Waals surface area contributed by atoms with Crippen molar-refractivity contribution in [1.82, 2.24) is 15.2 Å². The molecule has 1 N–H and O–H groups in total. The molecule has 0 aliphatic rings. The maximum Gasteiger partial charge on any atom is 0.285 e. The maximum atomic E-state index is 10.4. The third kappa shape index (κ3) is 0.726. The van der Waals surface area contributed by atoms with Gasteiger partial charge in [0, 0.05) is 0 Å². The van der Waals surface area contributed by atoms with E-state index in [1.165, 1.54) is 6.33 Å². The third-order valence-corrected chi connectivity index (χ3v) is 0.804. The lowest BCUT2D eigenvalue weighted by molar-refractivity contribution is 0.899. The first-order valence-electron chi connectivity index (χ1n) is 2.17. The molecule has 0 saturated carbocycles. The van der Waals surface area contributed by atoms with E-state index in [1.54, 1.807) is 6.92 Å². The second kappa shape index (κ2) is 1.73. The molecule has 0 spiro atoms. The molecule has 0 fully saturated rings. The molecule has 0 bridgehead atoms. The highest BCUT2D eigenvalue weighted by molar-refractivity contribution is 4.86. The summed E-state index contributed by atoms with van der Waals surface area (Å²) in [6, 6.07) is 0. The van der Waals surface area contributed by atoms with Gasteiger partial charge in [0.15, 0.2) is 0 Å². The highest BCUT2D eigenvalue weighted by atomic mass is 16.1. The first kappa shape index (κ1) is 4.96. The van der Waals surface area contributed by atoms with Gasteiger partial charge in [0.1, 0.15) is 12.0 Å². The van der Waals surface area contributed by atoms with Gasteiger partial charge in [-0.25, -0.2) is 10.1 Å². The molecule has 4 nitrogen and oxygen atoms in total. The van der Waals surface area contributed by atoms with Gasteiger partial charge < -0.3 is 0 Å². The second-order valence-corrected chi connectivity index (χ2v) is 1.40. The largest absolute Gasteiger partial charge is 0.285 e. The van der Waals surface area contributed by atoms with E-state index in [0.717, 1.165) is 0 Å². The van der Waals surface area contributed by atoms with E-state index in [-0.39, 0.29) is 5.56 Å². The Balaban J connectivity index is 3.35. The van der Waals surface area contributed by atoms with Crippen molar-refractivity contribution < 1.29 is 0 Å². The fourth-order valence-electron chi connectivity index (χ4n) is 0.342. The van der Waals surface area contributed by atoms with E-state index in [2.05, 4.69) is 15.2 Å². The molecule has 0 amide bonds. The zero-order chi connectivity index (χ0) is 5.98. The number of H-pyrrole nitrogens is 1. The van der Waals surface area contributed by atoms with E-state index in [1.807, 2.05) is 0 Å². The van der Waals surface area contributed by atoms with Gasteiger partial charge in [0.05, 0.1) is 0 Å². The molecule has 0 aliphatic carbocycles. The minimum atomic E-state index is -0.229. The van der Waals surface area contributed by atoms with Crippen LogP contribution in [0.5, 0.6) is 0 Å². The maximum absolute atomic E-state index is 10.4. The molecular formula is C4H5N3O. The molecule has 0 saturated heterocycles. The summed E-state index contributed by atoms with van der Waals surface area (Å²) in [5.74, 6) is 0. The SMILES string of the molecule is Cc1ncn[nH]c1=O. The zero-order valence-corrected chi connectivity index (χ0v) is 4.38. The van der Waals surface area contributed by atoms with Crippen molar-refractivity contribution in [3.63, 3.8) is 0 Å². The van der Waals surface area contributed by atoms with Gasteiger partial charge in [-0.3, -0.25) is 4.79 Å². The smallest absolute Gasteiger partial charge is 0.266 e. The third-order valence-electron chi connectivity index (χ3n) is 0.804. The van der Waals surface area contributed by atoms with Crippen molar-refractivity contribution in [2.75, 3.05) is 0 Å². The summed E-state index contributed by atoms with van der Waals surface area (Å²) >= 11 is 0. The Labute approximate surface area is 45.6 Å². The van der Waals surface area contributed by atoms with Crippen molar-refractivity contribution in [3.05, 3.63) is 22.4 Å². The van der Waals surface area contributed by atoms with Crippen LogP contribution in [0, 0.1) is 6.92 Å². The van der Waals surface area contributed by atoms with Crippen molar-refractivity contribution in [3.8, 4) is 0 Å². The predicted octanol–water partition coefficient (Wildman–Crippen LogP) is -0.527. The molecule has 42 valence electrons. The molecule has 8 heavy (non-hydrogen) atoms. The van der Waals surface area contributed by atoms with E-state index in [4.69, 9.17) is 0 Å². The lowest BCUT2D eigenvalue weighted by Gasteiger charge is -1.82. The summed E-state index contributed by atoms with van der Waals surface area (Å²) in [5, 5.41) is 5.63. The monoisotopic (exact) mass is 111 g/mol. The summed E-state index contributed by atoms with van der Waals surface area (Å²) < 4.78 is 0. The van der Waals surface area contributed by atoms with Gasteiger partial charge in [-0.05, 0) is 6.92 Å². The molecule has 1 aromatic rings. The van der Waals surface area contributed by atoms with Crippen molar-refractivity contribution in [2.45, 2.75) is 6.92 Å². The normalized spacial score (nSPS) is 9.12. The van der Waals surface area contributed by atoms with E-state index in [9.17, 15) is 4.79 Å². The summed E-state index contributed by atoms with van der Waals surface area (Å²) in [7, 11) is 0. The summed E-state index contributed by atoms with van der Waals surface area (Å²) in [6.07, 6.45) is 1.30. The number of nitrogens with zero attached hydrogens (tertiary/aromatic N) is 2. The van der Waals surface area contributed by atoms with E-state index < -0.39 is 0 Å². The van der Waals surface area contributed by atoms with Gasteiger partial charge in [0.25, 0.3) is 5.56 Å². The van der Waals surface area contributed by atoms with Crippen LogP contribution in [-0.2, 0) is 0 Å². The molecule has 4 heteroatoms. The van der Waals surface area contributed by atoms with Crippen LogP contribution in [0.1, 0.15) is 5.69 Å². The van der Waals surface area contributed by atoms with Crippen LogP contribution in [-0.4, -0.2) is 15.2 Å². The van der Waals surface area contributed by atoms with Gasteiger partial charge in [-0.1, -0.05) is 0 Å². The van der Waals surface area contributed by atoms with Gasteiger partial charge in [-0.2, -0.15) is 5.10 Å². The molecule has 0 atom stereocenters. The molecule has 1 heterocycles. The van der Waals surface area contributed by atoms with Gasteiger partial charge in [0.2, 0.25) is 0 Å². The topological polar surface area (TPSA) is 58.6 Å². The number of hydrogen-bond acceptors (Lipinski definition) is 3. The fourth-order valence-corrected chi connectivity index (χ4v) is 0.342. The Morgan fingerprint density at radius 1 is 1.75 bits per heavy atom. The molecular weight excluding hydrogens is 106 g/mol. The summed E-state index contributed by atoms with van der Waals surface area (Å²) in [4.78, 5) is 14.1. The molecule has 1 aromatic heterocycles. The lowest BCUT2D eigenvalue weighted by atomic mass is 10.5. The van der Waals surface area contributed by atoms with Crippen LogP contribution in [0.2, 0.25) is 0 Å². The zero-order valence-electron chi connectivity index (χ0n) is 4.38. The lowest BCUT2D eigenvalue weighted by Crippen LogP contribution is -2.11. The Morgan fingerprint density at radius 3 is 2.88 bits per heavy atom. The minimum Gasteiger partial charge on any atom is -0.266 e. The second-order valence-electron chi connectivity index (χ2n) is 1.40. The molecule has 0 aliphatic heterocycles. The number of hydrogen-bond donors (Lipinski definition) is 1. The number of aryl methyl sites for hydroxylation is 1. The number of aromatic nitrogens is 3. The number of aromatic amines is 1. The van der Waals surface area contributed by atoms with E-state index in [0.29, 0.717) is 5.69 Å². The quantitative estimate of drug-likeness (QED) is 0.489. The Bertz CT molecular complexity index is 229. The van der Waals surface area contributed by atoms with Crippen LogP contribution in [0.3, 0.4) is 0 Å². The number of rotatable bonds is 0. The Morgan fingerprint density at radius 2 is 2.50 bits per heavy atom. The van der Waals surface area contributed by atoms with Gasteiger partial charge in [-0.15, -0.1) is 0 Å². The number of nitrogens with one attached hydrogen (secondary N) is 1. The Kier molecular flexibility index (Phi) is 1.07. The summed E-state index contributed by atoms with van der Waals surface area (Å²) in [6.45, 7) is 1.63. The van der Waals surface area contributed by atoms with Crippen LogP contribution in [0.4, 0.5) is 0 Å². The van der Waals surface area contributed by atoms with Crippen molar-refractivity contribution in [2.24, 2.45) is 0 Å². The average molecular weight is 111 g/mol. The highest BCUT2D eigenvalue weighted by Gasteiger charge is 1.86. The molecule has 0 unspecified atom stereocenters. The van der Waals surface area contributed by atoms with Gasteiger partial charge >= 0.3 is 0 Å². The standard InChI is InChI=1S/C4H5N3O/c1-3-4(8)7-6-2-5-3/h2H,1H3,(H,7,8). The van der Waals surface area contributed by atoms with Crippen LogP contribution in [0.25, 0.3) is 0 Å². The highest BCUT2D eigenvalue weighted by Crippen LogP contribution is 1.69. The minimum absolute atomic E-state index is 0.229. The Hall–Kier alpha value is -1.19. The first-order chi connectivity index (χ1) is 3.80.